The standard InChI is InChI=1S/C22H28N2O3S/c1-26-17-8-6-16(7-9-17)20(24-10-12-27-13-11-24)14-23-22(25)19-15-28-21-5-3-2-4-18(19)21/h6-9,15,20H,2-5,10-14H2,1H3,(H,23,25)/t20-/m1/s1. The van der Waals surface area contributed by atoms with Crippen LogP contribution in [0.4, 0.5) is 0 Å². The van der Waals surface area contributed by atoms with Gasteiger partial charge in [-0.2, -0.15) is 0 Å². The maximum Gasteiger partial charge on any atom is 0.252 e. The van der Waals surface area contributed by atoms with Crippen molar-refractivity contribution in [2.45, 2.75) is 31.7 Å². The first kappa shape index (κ1) is 19.4. The molecule has 28 heavy (non-hydrogen) atoms. The summed E-state index contributed by atoms with van der Waals surface area (Å²) in [6, 6.07) is 8.29. The third-order valence-corrected chi connectivity index (χ3v) is 6.84. The van der Waals surface area contributed by atoms with Gasteiger partial charge < -0.3 is 14.8 Å². The number of nitrogens with one attached hydrogen (secondary N) is 1. The summed E-state index contributed by atoms with van der Waals surface area (Å²) in [4.78, 5) is 16.7. The fraction of sp³-hybridized carbons (Fsp3) is 0.500. The van der Waals surface area contributed by atoms with Gasteiger partial charge in [0.05, 0.1) is 31.9 Å². The number of carbonyl (C=O) groups is 1. The normalized spacial score (nSPS) is 18.3. The van der Waals surface area contributed by atoms with Crippen LogP contribution in [0.5, 0.6) is 5.75 Å². The summed E-state index contributed by atoms with van der Waals surface area (Å²) in [5.41, 5.74) is 3.35. The molecule has 1 atom stereocenters. The number of benzene rings is 1. The molecule has 5 nitrogen and oxygen atoms in total. The highest BCUT2D eigenvalue weighted by molar-refractivity contribution is 7.10. The summed E-state index contributed by atoms with van der Waals surface area (Å²) in [6.45, 7) is 3.81. The molecule has 0 spiro atoms. The van der Waals surface area contributed by atoms with Crippen molar-refractivity contribution in [2.75, 3.05) is 40.0 Å². The second kappa shape index (κ2) is 9.07. The van der Waals surface area contributed by atoms with E-state index in [2.05, 4.69) is 22.3 Å². The molecule has 0 unspecified atom stereocenters. The van der Waals surface area contributed by atoms with E-state index in [4.69, 9.17) is 9.47 Å². The molecule has 4 rings (SSSR count). The van der Waals surface area contributed by atoms with Gasteiger partial charge in [-0.15, -0.1) is 11.3 Å². The summed E-state index contributed by atoms with van der Waals surface area (Å²) in [5.74, 6) is 0.907. The molecule has 1 aromatic heterocycles. The Kier molecular flexibility index (Phi) is 6.29. The Hall–Kier alpha value is -1.89. The van der Waals surface area contributed by atoms with Gasteiger partial charge in [-0.25, -0.2) is 0 Å². The van der Waals surface area contributed by atoms with Crippen molar-refractivity contribution in [3.8, 4) is 5.75 Å². The Balaban J connectivity index is 1.48. The largest absolute Gasteiger partial charge is 0.497 e. The molecular formula is C22H28N2O3S. The van der Waals surface area contributed by atoms with Crippen LogP contribution in [0.3, 0.4) is 0 Å². The highest BCUT2D eigenvalue weighted by Crippen LogP contribution is 2.30. The van der Waals surface area contributed by atoms with Crippen molar-refractivity contribution in [3.05, 3.63) is 51.2 Å². The van der Waals surface area contributed by atoms with Crippen LogP contribution >= 0.6 is 11.3 Å². The van der Waals surface area contributed by atoms with Crippen LogP contribution in [0, 0.1) is 0 Å². The third-order valence-electron chi connectivity index (χ3n) is 5.75. The molecular weight excluding hydrogens is 372 g/mol. The highest BCUT2D eigenvalue weighted by Gasteiger charge is 2.25. The molecule has 1 fully saturated rings. The van der Waals surface area contributed by atoms with Crippen LogP contribution in [-0.4, -0.2) is 50.8 Å². The Labute approximate surface area is 170 Å². The number of rotatable bonds is 6. The summed E-state index contributed by atoms with van der Waals surface area (Å²) >= 11 is 1.74. The highest BCUT2D eigenvalue weighted by atomic mass is 32.1. The van der Waals surface area contributed by atoms with E-state index in [0.717, 1.165) is 50.5 Å². The number of hydrogen-bond acceptors (Lipinski definition) is 5. The van der Waals surface area contributed by atoms with Gasteiger partial charge in [0.15, 0.2) is 0 Å². The van der Waals surface area contributed by atoms with Gasteiger partial charge in [-0.1, -0.05) is 12.1 Å². The minimum Gasteiger partial charge on any atom is -0.497 e. The lowest BCUT2D eigenvalue weighted by molar-refractivity contribution is 0.0162. The Morgan fingerprint density at radius 1 is 1.21 bits per heavy atom. The second-order valence-electron chi connectivity index (χ2n) is 7.41. The predicted octanol–water partition coefficient (Wildman–Crippen LogP) is 3.44. The van der Waals surface area contributed by atoms with E-state index in [1.807, 2.05) is 17.5 Å². The van der Waals surface area contributed by atoms with Gasteiger partial charge in [0.25, 0.3) is 5.91 Å². The Morgan fingerprint density at radius 2 is 1.96 bits per heavy atom. The molecule has 1 aliphatic heterocycles. The van der Waals surface area contributed by atoms with E-state index < -0.39 is 0 Å². The van der Waals surface area contributed by atoms with Crippen molar-refractivity contribution in [3.63, 3.8) is 0 Å². The van der Waals surface area contributed by atoms with Crippen molar-refractivity contribution >= 4 is 17.2 Å². The lowest BCUT2D eigenvalue weighted by Crippen LogP contribution is -2.43. The smallest absolute Gasteiger partial charge is 0.252 e. The van der Waals surface area contributed by atoms with Crippen molar-refractivity contribution in [1.29, 1.82) is 0 Å². The number of amides is 1. The molecule has 1 N–H and O–H groups in total. The average molecular weight is 401 g/mol. The molecule has 6 heteroatoms. The molecule has 2 aromatic rings. The van der Waals surface area contributed by atoms with E-state index in [1.165, 1.54) is 28.8 Å². The number of aryl methyl sites for hydroxylation is 1. The zero-order chi connectivity index (χ0) is 19.3. The zero-order valence-electron chi connectivity index (χ0n) is 16.4. The molecule has 1 aliphatic carbocycles. The first-order valence-corrected chi connectivity index (χ1v) is 11.0. The fourth-order valence-electron chi connectivity index (χ4n) is 4.14. The van der Waals surface area contributed by atoms with E-state index in [9.17, 15) is 4.79 Å². The monoisotopic (exact) mass is 400 g/mol. The maximum absolute atomic E-state index is 12.9. The number of methoxy groups -OCH3 is 1. The minimum absolute atomic E-state index is 0.0613. The average Bonchev–Trinajstić information content (AvgIpc) is 3.19. The Morgan fingerprint density at radius 3 is 2.71 bits per heavy atom. The molecule has 0 radical (unpaired) electrons. The second-order valence-corrected chi connectivity index (χ2v) is 8.37. The van der Waals surface area contributed by atoms with E-state index in [0.29, 0.717) is 6.54 Å². The van der Waals surface area contributed by atoms with Crippen molar-refractivity contribution in [2.24, 2.45) is 0 Å². The van der Waals surface area contributed by atoms with Crippen molar-refractivity contribution in [1.82, 2.24) is 10.2 Å². The summed E-state index contributed by atoms with van der Waals surface area (Å²) in [7, 11) is 1.68. The lowest BCUT2D eigenvalue weighted by Gasteiger charge is -2.35. The van der Waals surface area contributed by atoms with E-state index in [1.54, 1.807) is 18.4 Å². The van der Waals surface area contributed by atoms with E-state index in [-0.39, 0.29) is 11.9 Å². The minimum atomic E-state index is 0.0613. The molecule has 0 saturated carbocycles. The number of hydrogen-bond donors (Lipinski definition) is 1. The number of nitrogens with zero attached hydrogens (tertiary/aromatic N) is 1. The first-order valence-electron chi connectivity index (χ1n) is 10.1. The van der Waals surface area contributed by atoms with Gasteiger partial charge in [0.1, 0.15) is 5.75 Å². The zero-order valence-corrected chi connectivity index (χ0v) is 17.2. The number of morpholine rings is 1. The van der Waals surface area contributed by atoms with Crippen LogP contribution in [0.25, 0.3) is 0 Å². The molecule has 0 bridgehead atoms. The topological polar surface area (TPSA) is 50.8 Å². The molecule has 2 heterocycles. The van der Waals surface area contributed by atoms with Gasteiger partial charge in [-0.05, 0) is 48.9 Å². The summed E-state index contributed by atoms with van der Waals surface area (Å²) in [5, 5.41) is 5.26. The van der Waals surface area contributed by atoms with Crippen LogP contribution in [-0.2, 0) is 17.6 Å². The van der Waals surface area contributed by atoms with Crippen LogP contribution in [0.15, 0.2) is 29.6 Å². The maximum atomic E-state index is 12.9. The number of carbonyl (C=O) groups excluding carboxylic acids is 1. The van der Waals surface area contributed by atoms with Gasteiger partial charge in [0.2, 0.25) is 0 Å². The van der Waals surface area contributed by atoms with Gasteiger partial charge >= 0.3 is 0 Å². The molecule has 1 amide bonds. The number of ether oxygens (including phenoxy) is 2. The van der Waals surface area contributed by atoms with E-state index >= 15 is 0 Å². The number of thiophene rings is 1. The van der Waals surface area contributed by atoms with Crippen molar-refractivity contribution < 1.29 is 14.3 Å². The molecule has 150 valence electrons. The van der Waals surface area contributed by atoms with Gasteiger partial charge in [0, 0.05) is 29.9 Å². The Bertz CT molecular complexity index is 797. The number of fused-ring (bicyclic) bond motifs is 1. The first-order chi connectivity index (χ1) is 13.8. The van der Waals surface area contributed by atoms with Crippen LogP contribution < -0.4 is 10.1 Å². The van der Waals surface area contributed by atoms with Crippen LogP contribution in [0.1, 0.15) is 45.2 Å². The SMILES string of the molecule is COc1ccc([C@@H](CNC(=O)c2csc3c2CCCC3)N2CCOCC2)cc1. The quantitative estimate of drug-likeness (QED) is 0.807. The molecule has 1 aromatic carbocycles. The third kappa shape index (κ3) is 4.24. The molecule has 2 aliphatic rings. The lowest BCUT2D eigenvalue weighted by atomic mass is 9.95. The summed E-state index contributed by atoms with van der Waals surface area (Å²) < 4.78 is 10.8. The van der Waals surface area contributed by atoms with Gasteiger partial charge in [-0.3, -0.25) is 9.69 Å². The fourth-order valence-corrected chi connectivity index (χ4v) is 5.27. The van der Waals surface area contributed by atoms with Crippen LogP contribution in [0.2, 0.25) is 0 Å². The summed E-state index contributed by atoms with van der Waals surface area (Å²) in [6.07, 6.45) is 4.58. The predicted molar refractivity (Wildman–Crippen MR) is 111 cm³/mol. The molecule has 1 saturated heterocycles.